The van der Waals surface area contributed by atoms with Crippen molar-refractivity contribution in [3.05, 3.63) is 0 Å². The molecule has 0 amide bonds. The minimum absolute atomic E-state index is 0.790. The Hall–Kier alpha value is -0.570. The van der Waals surface area contributed by atoms with Crippen LogP contribution in [0, 0.1) is 0 Å². The van der Waals surface area contributed by atoms with Crippen molar-refractivity contribution >= 4 is 5.97 Å². The lowest BCUT2D eigenvalue weighted by Crippen LogP contribution is -2.23. The Morgan fingerprint density at radius 1 is 1.78 bits per heavy atom. The van der Waals surface area contributed by atoms with Gasteiger partial charge >= 0.3 is 5.97 Å². The lowest BCUT2D eigenvalue weighted by Gasteiger charge is -2.17. The molecule has 1 N–H and O–H groups in total. The van der Waals surface area contributed by atoms with E-state index in [1.165, 1.54) is 0 Å². The number of carboxylic acid groups (broad SMARTS) is 1. The molecule has 0 radical (unpaired) electrons. The van der Waals surface area contributed by atoms with Crippen LogP contribution in [-0.2, 0) is 9.53 Å². The van der Waals surface area contributed by atoms with Crippen molar-refractivity contribution < 1.29 is 17.4 Å². The van der Waals surface area contributed by atoms with E-state index in [-0.39, 0.29) is 0 Å². The van der Waals surface area contributed by atoms with Crippen LogP contribution in [0.4, 0.5) is 0 Å². The Balaban J connectivity index is 4.25. The molecule has 0 unspecified atom stereocenters. The van der Waals surface area contributed by atoms with E-state index < -0.39 is 18.1 Å². The predicted molar refractivity (Wildman–Crippen MR) is 33.3 cm³/mol. The highest BCUT2D eigenvalue weighted by molar-refractivity contribution is 5.68. The molecule has 0 saturated carbocycles. The maximum Gasteiger partial charge on any atom is 0.329 e. The van der Waals surface area contributed by atoms with Crippen LogP contribution in [-0.4, -0.2) is 23.2 Å². The van der Waals surface area contributed by atoms with E-state index in [2.05, 4.69) is 4.74 Å². The fraction of sp³-hybridized carbons (Fsp3) is 0.833. The number of hydrogen-bond acceptors (Lipinski definition) is 2. The molecular weight excluding hydrogens is 120 g/mol. The van der Waals surface area contributed by atoms with Crippen LogP contribution < -0.4 is 0 Å². The third-order valence-electron chi connectivity index (χ3n) is 0.445. The molecule has 0 atom stereocenters. The quantitative estimate of drug-likeness (QED) is 0.610. The van der Waals surface area contributed by atoms with Crippen molar-refractivity contribution in [3.63, 3.8) is 0 Å². The molecule has 0 saturated heterocycles. The fourth-order valence-corrected chi connectivity index (χ4v) is 0.197. The molecular formula is C6H12O3. The van der Waals surface area contributed by atoms with Crippen LogP contribution in [0.1, 0.15) is 23.5 Å². The van der Waals surface area contributed by atoms with Gasteiger partial charge < -0.3 is 9.84 Å². The summed E-state index contributed by atoms with van der Waals surface area (Å²) in [4.78, 5) is 10.2. The second kappa shape index (κ2) is 2.82. The highest BCUT2D eigenvalue weighted by Gasteiger charge is 2.11. The van der Waals surface area contributed by atoms with Gasteiger partial charge in [0.05, 0.1) is 8.34 Å². The van der Waals surface area contributed by atoms with Gasteiger partial charge in [0.2, 0.25) is 0 Å². The van der Waals surface area contributed by atoms with Gasteiger partial charge in [0.1, 0.15) is 6.56 Å². The maximum atomic E-state index is 10.2. The largest absolute Gasteiger partial charge is 0.480 e. The Labute approximate surface area is 57.4 Å². The zero-order valence-corrected chi connectivity index (χ0v) is 5.76. The van der Waals surface area contributed by atoms with Crippen molar-refractivity contribution in [2.45, 2.75) is 26.4 Å². The summed E-state index contributed by atoms with van der Waals surface area (Å²) in [6, 6.07) is 0. The molecule has 0 aromatic heterocycles. The zero-order chi connectivity index (χ0) is 9.28. The van der Waals surface area contributed by atoms with Gasteiger partial charge in [-0.1, -0.05) is 0 Å². The van der Waals surface area contributed by atoms with Crippen molar-refractivity contribution in [1.82, 2.24) is 0 Å². The first-order chi connectivity index (χ1) is 4.65. The lowest BCUT2D eigenvalue weighted by molar-refractivity contribution is -0.147. The van der Waals surface area contributed by atoms with E-state index in [0.29, 0.717) is 0 Å². The van der Waals surface area contributed by atoms with E-state index >= 15 is 0 Å². The van der Waals surface area contributed by atoms with E-state index in [4.69, 9.17) is 7.85 Å². The van der Waals surface area contributed by atoms with Crippen molar-refractivity contribution in [2.24, 2.45) is 0 Å². The van der Waals surface area contributed by atoms with Crippen molar-refractivity contribution in [1.29, 1.82) is 0 Å². The number of carbonyl (C=O) groups is 1. The van der Waals surface area contributed by atoms with Gasteiger partial charge in [0.15, 0.2) is 0 Å². The average molecular weight is 134 g/mol. The maximum absolute atomic E-state index is 10.2. The normalized spacial score (nSPS) is 16.3. The third-order valence-corrected chi connectivity index (χ3v) is 0.445. The summed E-state index contributed by atoms with van der Waals surface area (Å²) >= 11 is 0. The molecule has 3 nitrogen and oxygen atoms in total. The number of aliphatic carboxylic acids is 1. The second-order valence-corrected chi connectivity index (χ2v) is 2.62. The van der Waals surface area contributed by atoms with Gasteiger partial charge in [0, 0.05) is 0 Å². The van der Waals surface area contributed by atoms with Gasteiger partial charge in [-0.15, -0.1) is 0 Å². The van der Waals surface area contributed by atoms with E-state index in [9.17, 15) is 4.79 Å². The summed E-state index contributed by atoms with van der Waals surface area (Å²) in [5, 5.41) is 8.30. The van der Waals surface area contributed by atoms with Gasteiger partial charge in [-0.05, 0) is 20.8 Å². The highest BCUT2D eigenvalue weighted by atomic mass is 16.5. The van der Waals surface area contributed by atoms with E-state index in [1.807, 2.05) is 0 Å². The molecule has 0 aliphatic rings. The standard InChI is InChI=1S/C6H12O3/c1-6(2,3)9-4-5(7)8/h4H2,1-3H3,(H,7,8)/i4D2. The summed E-state index contributed by atoms with van der Waals surface area (Å²) in [7, 11) is 0. The van der Waals surface area contributed by atoms with Crippen molar-refractivity contribution in [3.8, 4) is 0 Å². The molecule has 0 aromatic carbocycles. The van der Waals surface area contributed by atoms with Crippen LogP contribution in [0.2, 0.25) is 0 Å². The Bertz CT molecular complexity index is 160. The fourth-order valence-electron chi connectivity index (χ4n) is 0.197. The first kappa shape index (κ1) is 5.23. The summed E-state index contributed by atoms with van der Waals surface area (Å²) in [6.07, 6.45) is 0. The molecule has 0 bridgehead atoms. The van der Waals surface area contributed by atoms with Crippen LogP contribution in [0.25, 0.3) is 0 Å². The van der Waals surface area contributed by atoms with Crippen LogP contribution >= 0.6 is 0 Å². The topological polar surface area (TPSA) is 46.5 Å². The Morgan fingerprint density at radius 2 is 2.22 bits per heavy atom. The molecule has 9 heavy (non-hydrogen) atoms. The molecule has 0 aliphatic carbocycles. The van der Waals surface area contributed by atoms with Crippen LogP contribution in [0.15, 0.2) is 0 Å². The minimum atomic E-state index is -2.60. The van der Waals surface area contributed by atoms with Crippen LogP contribution in [0.3, 0.4) is 0 Å². The number of carboxylic acids is 1. The molecule has 0 fully saturated rings. The average Bonchev–Trinajstić information content (AvgIpc) is 1.56. The smallest absolute Gasteiger partial charge is 0.329 e. The number of ether oxygens (including phenoxy) is 1. The summed E-state index contributed by atoms with van der Waals surface area (Å²) in [5.74, 6) is -1.60. The summed E-state index contributed by atoms with van der Waals surface area (Å²) < 4.78 is 18.4. The summed E-state index contributed by atoms with van der Waals surface area (Å²) in [5.41, 5.74) is -0.790. The molecule has 0 heterocycles. The SMILES string of the molecule is [2H]C([2H])(OC(C)(C)C)C(=O)O. The third kappa shape index (κ3) is 7.43. The van der Waals surface area contributed by atoms with Gasteiger partial charge in [-0.3, -0.25) is 0 Å². The minimum Gasteiger partial charge on any atom is -0.480 e. The molecule has 3 heteroatoms. The van der Waals surface area contributed by atoms with Gasteiger partial charge in [-0.2, -0.15) is 0 Å². The Kier molecular flexibility index (Phi) is 1.64. The van der Waals surface area contributed by atoms with E-state index in [1.54, 1.807) is 20.8 Å². The number of hydrogen-bond donors (Lipinski definition) is 1. The number of rotatable bonds is 2. The Morgan fingerprint density at radius 3 is 2.33 bits per heavy atom. The molecule has 0 aliphatic heterocycles. The molecule has 0 rings (SSSR count). The lowest BCUT2D eigenvalue weighted by atomic mass is 10.2. The molecule has 54 valence electrons. The van der Waals surface area contributed by atoms with E-state index in [0.717, 1.165) is 0 Å². The molecule has 0 spiro atoms. The van der Waals surface area contributed by atoms with Crippen molar-refractivity contribution in [2.75, 3.05) is 6.56 Å². The predicted octanol–water partition coefficient (Wildman–Crippen LogP) is 0.886. The van der Waals surface area contributed by atoms with Crippen LogP contribution in [0.5, 0.6) is 0 Å². The highest BCUT2D eigenvalue weighted by Crippen LogP contribution is 2.05. The first-order valence-corrected chi connectivity index (χ1v) is 2.59. The summed E-state index contributed by atoms with van der Waals surface area (Å²) in [6.45, 7) is 2.17. The zero-order valence-electron chi connectivity index (χ0n) is 7.76. The first-order valence-electron chi connectivity index (χ1n) is 3.59. The van der Waals surface area contributed by atoms with Gasteiger partial charge in [-0.25, -0.2) is 4.79 Å². The van der Waals surface area contributed by atoms with Gasteiger partial charge in [0.25, 0.3) is 0 Å². The monoisotopic (exact) mass is 134 g/mol. The second-order valence-electron chi connectivity index (χ2n) is 2.62. The molecule has 0 aromatic rings.